The van der Waals surface area contributed by atoms with Crippen LogP contribution in [0.4, 0.5) is 17.2 Å². The van der Waals surface area contributed by atoms with Crippen LogP contribution < -0.4 is 14.9 Å². The summed E-state index contributed by atoms with van der Waals surface area (Å²) in [5.74, 6) is 0.0221. The topological polar surface area (TPSA) is 79.5 Å². The molecule has 0 saturated carbocycles. The summed E-state index contributed by atoms with van der Waals surface area (Å²) in [6.45, 7) is 1.00. The lowest BCUT2D eigenvalue weighted by molar-refractivity contribution is 0.589. The molecule has 0 fully saturated rings. The molecule has 0 radical (unpaired) electrons. The Labute approximate surface area is 123 Å². The number of nitrogen functional groups attached to an aromatic ring is 1. The van der Waals surface area contributed by atoms with E-state index in [0.29, 0.717) is 18.8 Å². The van der Waals surface area contributed by atoms with Crippen LogP contribution in [0, 0.1) is 0 Å². The van der Waals surface area contributed by atoms with Crippen molar-refractivity contribution in [1.29, 1.82) is 0 Å². The Balaban J connectivity index is 2.14. The maximum absolute atomic E-state index is 12.9. The summed E-state index contributed by atoms with van der Waals surface area (Å²) in [5, 5.41) is 0. The predicted molar refractivity (Wildman–Crippen MR) is 82.9 cm³/mol. The van der Waals surface area contributed by atoms with E-state index in [0.717, 1.165) is 5.69 Å². The van der Waals surface area contributed by atoms with E-state index in [1.54, 1.807) is 12.1 Å². The van der Waals surface area contributed by atoms with Gasteiger partial charge in [0.2, 0.25) is 0 Å². The molecular weight excluding hydrogens is 288 g/mol. The number of aromatic nitrogens is 1. The summed E-state index contributed by atoms with van der Waals surface area (Å²) in [6, 6.07) is 10.5. The number of hydrogen-bond acceptors (Lipinski definition) is 5. The van der Waals surface area contributed by atoms with Gasteiger partial charge in [-0.1, -0.05) is 12.1 Å². The highest BCUT2D eigenvalue weighted by Crippen LogP contribution is 2.36. The molecular formula is C14H16N4O2S. The summed E-state index contributed by atoms with van der Waals surface area (Å²) in [6.07, 6.45) is 1.48. The Morgan fingerprint density at radius 1 is 1.10 bits per heavy atom. The molecule has 0 unspecified atom stereocenters. The lowest BCUT2D eigenvalue weighted by Gasteiger charge is -2.36. The molecule has 2 heterocycles. The maximum Gasteiger partial charge on any atom is 0.268 e. The van der Waals surface area contributed by atoms with Crippen LogP contribution in [0.2, 0.25) is 0 Å². The normalized spacial score (nSPS) is 14.9. The number of anilines is 3. The molecule has 0 atom stereocenters. The lowest BCUT2D eigenvalue weighted by Crippen LogP contribution is -2.42. The van der Waals surface area contributed by atoms with Crippen molar-refractivity contribution in [2.75, 3.05) is 35.1 Å². The Morgan fingerprint density at radius 3 is 2.52 bits per heavy atom. The van der Waals surface area contributed by atoms with Gasteiger partial charge in [0.25, 0.3) is 10.0 Å². The van der Waals surface area contributed by atoms with E-state index in [4.69, 9.17) is 5.73 Å². The van der Waals surface area contributed by atoms with Gasteiger partial charge >= 0.3 is 0 Å². The van der Waals surface area contributed by atoms with Gasteiger partial charge in [-0.15, -0.1) is 0 Å². The standard InChI is InChI=1S/C14H16N4O2S/c1-17-9-10-18(12-6-3-2-5-11(12)17)21(19,20)13-7-4-8-16-14(13)15/h2-8H,9-10H2,1H3,(H2,15,16). The second kappa shape index (κ2) is 4.92. The average molecular weight is 304 g/mol. The minimum absolute atomic E-state index is 0.0221. The zero-order valence-electron chi connectivity index (χ0n) is 11.6. The summed E-state index contributed by atoms with van der Waals surface area (Å²) in [7, 11) is -1.76. The van der Waals surface area contributed by atoms with Gasteiger partial charge in [0.1, 0.15) is 10.7 Å². The van der Waals surface area contributed by atoms with Crippen molar-refractivity contribution in [2.24, 2.45) is 0 Å². The number of nitrogens with two attached hydrogens (primary N) is 1. The third kappa shape index (κ3) is 2.19. The number of hydrogen-bond donors (Lipinski definition) is 1. The molecule has 0 saturated heterocycles. The van der Waals surface area contributed by atoms with E-state index < -0.39 is 10.0 Å². The lowest BCUT2D eigenvalue weighted by atomic mass is 10.2. The zero-order chi connectivity index (χ0) is 15.0. The van der Waals surface area contributed by atoms with Gasteiger partial charge in [-0.25, -0.2) is 13.4 Å². The van der Waals surface area contributed by atoms with Gasteiger partial charge in [0.15, 0.2) is 0 Å². The number of para-hydroxylation sites is 2. The van der Waals surface area contributed by atoms with Crippen LogP contribution in [-0.4, -0.2) is 33.5 Å². The number of benzene rings is 1. The molecule has 2 aromatic rings. The summed E-state index contributed by atoms with van der Waals surface area (Å²) >= 11 is 0. The second-order valence-electron chi connectivity index (χ2n) is 4.87. The molecule has 1 aliphatic rings. The van der Waals surface area contributed by atoms with Crippen LogP contribution in [0.25, 0.3) is 0 Å². The average Bonchev–Trinajstić information content (AvgIpc) is 2.48. The molecule has 3 rings (SSSR count). The molecule has 0 aliphatic carbocycles. The monoisotopic (exact) mass is 304 g/mol. The van der Waals surface area contributed by atoms with Crippen molar-refractivity contribution in [3.8, 4) is 0 Å². The second-order valence-corrected chi connectivity index (χ2v) is 6.70. The molecule has 6 nitrogen and oxygen atoms in total. The number of pyridine rings is 1. The molecule has 0 bridgehead atoms. The van der Waals surface area contributed by atoms with Crippen LogP contribution >= 0.6 is 0 Å². The minimum Gasteiger partial charge on any atom is -0.383 e. The van der Waals surface area contributed by atoms with Gasteiger partial charge < -0.3 is 10.6 Å². The molecule has 1 aromatic carbocycles. The smallest absolute Gasteiger partial charge is 0.268 e. The van der Waals surface area contributed by atoms with E-state index in [1.807, 2.05) is 30.1 Å². The number of nitrogens with zero attached hydrogens (tertiary/aromatic N) is 3. The van der Waals surface area contributed by atoms with Gasteiger partial charge in [0.05, 0.1) is 17.9 Å². The van der Waals surface area contributed by atoms with Crippen LogP contribution in [0.1, 0.15) is 0 Å². The van der Waals surface area contributed by atoms with Crippen molar-refractivity contribution in [3.63, 3.8) is 0 Å². The number of fused-ring (bicyclic) bond motifs is 1. The fourth-order valence-corrected chi connectivity index (χ4v) is 4.01. The highest BCUT2D eigenvalue weighted by Gasteiger charge is 2.32. The Hall–Kier alpha value is -2.28. The molecule has 0 amide bonds. The van der Waals surface area contributed by atoms with Gasteiger partial charge in [-0.05, 0) is 24.3 Å². The van der Waals surface area contributed by atoms with E-state index >= 15 is 0 Å². The zero-order valence-corrected chi connectivity index (χ0v) is 12.4. The molecule has 1 aliphatic heterocycles. The number of sulfonamides is 1. The third-order valence-electron chi connectivity index (χ3n) is 3.57. The number of likely N-dealkylation sites (N-methyl/N-ethyl adjacent to an activating group) is 1. The quantitative estimate of drug-likeness (QED) is 0.905. The van der Waals surface area contributed by atoms with Crippen LogP contribution in [-0.2, 0) is 10.0 Å². The molecule has 21 heavy (non-hydrogen) atoms. The Kier molecular flexibility index (Phi) is 3.21. The number of rotatable bonds is 2. The highest BCUT2D eigenvalue weighted by atomic mass is 32.2. The van der Waals surface area contributed by atoms with Crippen molar-refractivity contribution in [1.82, 2.24) is 4.98 Å². The van der Waals surface area contributed by atoms with Crippen molar-refractivity contribution in [3.05, 3.63) is 42.6 Å². The Bertz CT molecular complexity index is 776. The van der Waals surface area contributed by atoms with Crippen molar-refractivity contribution in [2.45, 2.75) is 4.90 Å². The molecule has 110 valence electrons. The van der Waals surface area contributed by atoms with Crippen molar-refractivity contribution < 1.29 is 8.42 Å². The van der Waals surface area contributed by atoms with E-state index in [9.17, 15) is 8.42 Å². The first kappa shape index (κ1) is 13.7. The van der Waals surface area contributed by atoms with Crippen LogP contribution in [0.15, 0.2) is 47.5 Å². The van der Waals surface area contributed by atoms with Gasteiger partial charge in [-0.2, -0.15) is 0 Å². The first-order valence-corrected chi connectivity index (χ1v) is 7.99. The first-order chi connectivity index (χ1) is 10.0. The van der Waals surface area contributed by atoms with Crippen LogP contribution in [0.5, 0.6) is 0 Å². The summed E-state index contributed by atoms with van der Waals surface area (Å²) in [5.41, 5.74) is 7.28. The van der Waals surface area contributed by atoms with E-state index in [1.165, 1.54) is 16.6 Å². The van der Waals surface area contributed by atoms with Crippen LogP contribution in [0.3, 0.4) is 0 Å². The summed E-state index contributed by atoms with van der Waals surface area (Å²) in [4.78, 5) is 5.95. The highest BCUT2D eigenvalue weighted by molar-refractivity contribution is 7.93. The van der Waals surface area contributed by atoms with E-state index in [2.05, 4.69) is 4.98 Å². The van der Waals surface area contributed by atoms with E-state index in [-0.39, 0.29) is 10.7 Å². The molecule has 7 heteroatoms. The predicted octanol–water partition coefficient (Wildman–Crippen LogP) is 1.31. The SMILES string of the molecule is CN1CCN(S(=O)(=O)c2cccnc2N)c2ccccc21. The minimum atomic E-state index is -3.71. The van der Waals surface area contributed by atoms with Gasteiger partial charge in [0, 0.05) is 19.8 Å². The van der Waals surface area contributed by atoms with Crippen molar-refractivity contribution >= 4 is 27.2 Å². The first-order valence-electron chi connectivity index (χ1n) is 6.55. The fourth-order valence-electron chi connectivity index (χ4n) is 2.47. The van der Waals surface area contributed by atoms with Gasteiger partial charge in [-0.3, -0.25) is 4.31 Å². The fraction of sp³-hybridized carbons (Fsp3) is 0.214. The summed E-state index contributed by atoms with van der Waals surface area (Å²) < 4.78 is 27.1. The third-order valence-corrected chi connectivity index (χ3v) is 5.43. The molecule has 1 aromatic heterocycles. The largest absolute Gasteiger partial charge is 0.383 e. The Morgan fingerprint density at radius 2 is 1.81 bits per heavy atom. The maximum atomic E-state index is 12.9. The molecule has 2 N–H and O–H groups in total. The molecule has 0 spiro atoms.